The minimum atomic E-state index is -2.81. The molecule has 0 aliphatic carbocycles. The summed E-state index contributed by atoms with van der Waals surface area (Å²) in [5.74, 6) is 1.85. The number of aromatic nitrogens is 3. The second kappa shape index (κ2) is 7.33. The Hall–Kier alpha value is -2.27. The van der Waals surface area contributed by atoms with Crippen LogP contribution in [0.4, 0.5) is 13.9 Å². The van der Waals surface area contributed by atoms with Crippen LogP contribution in [0, 0.1) is 18.3 Å². The van der Waals surface area contributed by atoms with Gasteiger partial charge in [0.25, 0.3) is 12.3 Å². The second-order valence-electron chi connectivity index (χ2n) is 5.23. The molecule has 0 aromatic carbocycles. The summed E-state index contributed by atoms with van der Waals surface area (Å²) in [5, 5.41) is 5.99. The number of alkyl halides is 2. The van der Waals surface area contributed by atoms with Crippen molar-refractivity contribution in [2.45, 2.75) is 26.8 Å². The van der Waals surface area contributed by atoms with Gasteiger partial charge in [-0.05, 0) is 5.92 Å². The van der Waals surface area contributed by atoms with Gasteiger partial charge >= 0.3 is 0 Å². The Bertz CT molecular complexity index is 704. The number of nitrogens with zero attached hydrogens (tertiary/aromatic N) is 4. The van der Waals surface area contributed by atoms with Gasteiger partial charge in [0, 0.05) is 18.1 Å². The third kappa shape index (κ3) is 3.74. The van der Waals surface area contributed by atoms with Gasteiger partial charge in [0.2, 0.25) is 0 Å². The van der Waals surface area contributed by atoms with Crippen molar-refractivity contribution in [1.82, 2.24) is 14.8 Å². The Kier molecular flexibility index (Phi) is 5.45. The lowest BCUT2D eigenvalue weighted by molar-refractivity contribution is 0.0970. The predicted molar refractivity (Wildman–Crippen MR) is 84.6 cm³/mol. The van der Waals surface area contributed by atoms with E-state index >= 15 is 0 Å². The summed E-state index contributed by atoms with van der Waals surface area (Å²) in [6.45, 7) is 4.03. The number of carbonyl (C=O) groups is 1. The van der Waals surface area contributed by atoms with Gasteiger partial charge in [0.05, 0.1) is 18.3 Å². The van der Waals surface area contributed by atoms with Crippen molar-refractivity contribution < 1.29 is 13.6 Å². The van der Waals surface area contributed by atoms with E-state index in [0.29, 0.717) is 11.7 Å². The van der Waals surface area contributed by atoms with E-state index in [1.165, 1.54) is 33.3 Å². The van der Waals surface area contributed by atoms with Gasteiger partial charge in [0.1, 0.15) is 5.69 Å². The van der Waals surface area contributed by atoms with Crippen LogP contribution in [0.5, 0.6) is 0 Å². The Morgan fingerprint density at radius 2 is 2.26 bits per heavy atom. The lowest BCUT2D eigenvalue weighted by Crippen LogP contribution is -2.32. The molecule has 122 valence electrons. The average molecular weight is 338 g/mol. The molecular weight excluding hydrogens is 322 g/mol. The quantitative estimate of drug-likeness (QED) is 0.760. The fourth-order valence-corrected chi connectivity index (χ4v) is 2.73. The Labute approximate surface area is 136 Å². The normalized spacial score (nSPS) is 11.0. The Morgan fingerprint density at radius 3 is 2.78 bits per heavy atom. The highest BCUT2D eigenvalue weighted by Crippen LogP contribution is 2.27. The number of rotatable bonds is 6. The van der Waals surface area contributed by atoms with Gasteiger partial charge < -0.3 is 0 Å². The largest absolute Gasteiger partial charge is 0.280 e. The molecule has 0 saturated heterocycles. The lowest BCUT2D eigenvalue weighted by atomic mass is 10.2. The lowest BCUT2D eigenvalue weighted by Gasteiger charge is -2.17. The maximum Gasteiger partial charge on any atom is 0.280 e. The summed E-state index contributed by atoms with van der Waals surface area (Å²) in [7, 11) is 0. The van der Waals surface area contributed by atoms with Crippen LogP contribution in [0.2, 0.25) is 0 Å². The molecule has 0 N–H and O–H groups in total. The van der Waals surface area contributed by atoms with Crippen LogP contribution in [-0.2, 0) is 6.54 Å². The maximum atomic E-state index is 13.4. The molecule has 5 nitrogen and oxygen atoms in total. The van der Waals surface area contributed by atoms with E-state index < -0.39 is 12.3 Å². The van der Waals surface area contributed by atoms with E-state index in [1.54, 1.807) is 5.38 Å². The molecule has 0 fully saturated rings. The fraction of sp³-hybridized carbons (Fsp3) is 0.400. The van der Waals surface area contributed by atoms with Crippen molar-refractivity contribution in [2.75, 3.05) is 11.4 Å². The average Bonchev–Trinajstić information content (AvgIpc) is 3.12. The van der Waals surface area contributed by atoms with E-state index in [2.05, 4.69) is 16.0 Å². The molecule has 0 saturated carbocycles. The van der Waals surface area contributed by atoms with Crippen molar-refractivity contribution >= 4 is 22.4 Å². The van der Waals surface area contributed by atoms with Crippen molar-refractivity contribution in [3.63, 3.8) is 0 Å². The second-order valence-corrected chi connectivity index (χ2v) is 6.10. The third-order valence-electron chi connectivity index (χ3n) is 3.00. The van der Waals surface area contributed by atoms with Crippen molar-refractivity contribution in [2.24, 2.45) is 5.92 Å². The van der Waals surface area contributed by atoms with E-state index in [-0.39, 0.29) is 23.7 Å². The van der Waals surface area contributed by atoms with Crippen LogP contribution in [-0.4, -0.2) is 27.2 Å². The number of anilines is 1. The van der Waals surface area contributed by atoms with Crippen molar-refractivity contribution in [3.8, 4) is 12.3 Å². The van der Waals surface area contributed by atoms with Crippen LogP contribution in [0.15, 0.2) is 17.8 Å². The highest BCUT2D eigenvalue weighted by molar-refractivity contribution is 7.13. The number of amides is 1. The van der Waals surface area contributed by atoms with Gasteiger partial charge in [-0.25, -0.2) is 13.8 Å². The van der Waals surface area contributed by atoms with Crippen LogP contribution in [0.25, 0.3) is 0 Å². The van der Waals surface area contributed by atoms with Crippen LogP contribution in [0.3, 0.4) is 0 Å². The van der Waals surface area contributed by atoms with Crippen LogP contribution in [0.1, 0.15) is 36.3 Å². The monoisotopic (exact) mass is 338 g/mol. The summed E-state index contributed by atoms with van der Waals surface area (Å²) >= 11 is 1.21. The summed E-state index contributed by atoms with van der Waals surface area (Å²) in [6, 6.07) is 0. The van der Waals surface area contributed by atoms with Gasteiger partial charge in [-0.1, -0.05) is 19.8 Å². The first-order chi connectivity index (χ1) is 11.0. The number of hydrogen-bond acceptors (Lipinski definition) is 4. The van der Waals surface area contributed by atoms with Gasteiger partial charge in [0.15, 0.2) is 5.13 Å². The minimum absolute atomic E-state index is 0.0512. The fourth-order valence-electron chi connectivity index (χ4n) is 2.09. The molecule has 0 spiro atoms. The zero-order chi connectivity index (χ0) is 17.0. The molecule has 2 aromatic rings. The predicted octanol–water partition coefficient (Wildman–Crippen LogP) is 3.21. The summed E-state index contributed by atoms with van der Waals surface area (Å²) in [6.07, 6.45) is 5.17. The van der Waals surface area contributed by atoms with E-state index in [1.807, 2.05) is 13.8 Å². The van der Waals surface area contributed by atoms with Gasteiger partial charge in [-0.2, -0.15) is 5.10 Å². The highest BCUT2D eigenvalue weighted by Gasteiger charge is 2.29. The number of terminal acetylenes is 1. The molecule has 2 rings (SSSR count). The van der Waals surface area contributed by atoms with E-state index in [0.717, 1.165) is 0 Å². The summed E-state index contributed by atoms with van der Waals surface area (Å²) < 4.78 is 28.1. The van der Waals surface area contributed by atoms with Crippen LogP contribution >= 0.6 is 11.3 Å². The smallest absolute Gasteiger partial charge is 0.272 e. The number of halogens is 2. The third-order valence-corrected chi connectivity index (χ3v) is 3.79. The summed E-state index contributed by atoms with van der Waals surface area (Å²) in [5.41, 5.74) is -0.534. The topological polar surface area (TPSA) is 51.0 Å². The van der Waals surface area contributed by atoms with E-state index in [4.69, 9.17) is 6.42 Å². The first kappa shape index (κ1) is 17.1. The SMILES string of the molecule is C#CCN(C(=O)c1cnn(CC(C)C)c1C(F)F)c1nccs1. The molecule has 8 heteroatoms. The molecule has 0 bridgehead atoms. The first-order valence-corrected chi connectivity index (χ1v) is 7.82. The zero-order valence-electron chi connectivity index (χ0n) is 12.7. The Morgan fingerprint density at radius 1 is 1.52 bits per heavy atom. The standard InChI is InChI=1S/C15H16F2N4OS/c1-4-6-20(15-18-5-7-23-15)14(22)11-8-19-21(9-10(2)3)12(11)13(16)17/h1,5,7-8,10,13H,6,9H2,2-3H3. The molecule has 0 atom stereocenters. The molecule has 0 aliphatic heterocycles. The van der Waals surface area contributed by atoms with Gasteiger partial charge in [-0.15, -0.1) is 17.8 Å². The first-order valence-electron chi connectivity index (χ1n) is 6.94. The van der Waals surface area contributed by atoms with E-state index in [9.17, 15) is 13.6 Å². The van der Waals surface area contributed by atoms with Gasteiger partial charge in [-0.3, -0.25) is 14.4 Å². The number of carbonyl (C=O) groups excluding carboxylic acids is 1. The molecule has 23 heavy (non-hydrogen) atoms. The molecule has 0 radical (unpaired) electrons. The highest BCUT2D eigenvalue weighted by atomic mass is 32.1. The van der Waals surface area contributed by atoms with Crippen molar-refractivity contribution in [3.05, 3.63) is 29.0 Å². The molecular formula is C15H16F2N4OS. The Balaban J connectivity index is 2.41. The molecule has 0 aliphatic rings. The van der Waals surface area contributed by atoms with Crippen molar-refractivity contribution in [1.29, 1.82) is 0 Å². The molecule has 0 unspecified atom stereocenters. The molecule has 2 aromatic heterocycles. The number of hydrogen-bond donors (Lipinski definition) is 0. The minimum Gasteiger partial charge on any atom is -0.272 e. The zero-order valence-corrected chi connectivity index (χ0v) is 13.6. The van der Waals surface area contributed by atoms with Crippen LogP contribution < -0.4 is 4.90 Å². The molecule has 2 heterocycles. The number of thiazole rings is 1. The molecule has 1 amide bonds. The maximum absolute atomic E-state index is 13.4. The summed E-state index contributed by atoms with van der Waals surface area (Å²) in [4.78, 5) is 17.9.